The highest BCUT2D eigenvalue weighted by Crippen LogP contribution is 2.39. The zero-order valence-corrected chi connectivity index (χ0v) is 24.0. The van der Waals surface area contributed by atoms with Gasteiger partial charge in [0.2, 0.25) is 0 Å². The summed E-state index contributed by atoms with van der Waals surface area (Å²) < 4.78 is 22.6. The highest BCUT2D eigenvalue weighted by atomic mass is 32.1. The van der Waals surface area contributed by atoms with Crippen molar-refractivity contribution < 1.29 is 23.7 Å². The minimum Gasteiger partial charge on any atom is -0.493 e. The second-order valence-electron chi connectivity index (χ2n) is 9.31. The van der Waals surface area contributed by atoms with Crippen molar-refractivity contribution in [1.82, 2.24) is 4.90 Å². The van der Waals surface area contributed by atoms with E-state index in [0.717, 1.165) is 36.2 Å². The predicted octanol–water partition coefficient (Wildman–Crippen LogP) is 6.13. The van der Waals surface area contributed by atoms with Gasteiger partial charge in [-0.3, -0.25) is 0 Å². The molecule has 0 unspecified atom stereocenters. The van der Waals surface area contributed by atoms with Crippen LogP contribution < -0.4 is 19.5 Å². The first-order chi connectivity index (χ1) is 18.9. The highest BCUT2D eigenvalue weighted by Gasteiger charge is 2.32. The Morgan fingerprint density at radius 3 is 2.44 bits per heavy atom. The normalized spacial score (nSPS) is 14.3. The number of rotatable bonds is 9. The molecule has 1 atom stereocenters. The number of hydrogen-bond acceptors (Lipinski definition) is 6. The first-order valence-electron chi connectivity index (χ1n) is 13.2. The number of para-hydroxylation sites is 1. The fourth-order valence-electron chi connectivity index (χ4n) is 4.91. The zero-order chi connectivity index (χ0) is 27.9. The third-order valence-corrected chi connectivity index (χ3v) is 7.35. The van der Waals surface area contributed by atoms with Gasteiger partial charge in [-0.1, -0.05) is 25.1 Å². The van der Waals surface area contributed by atoms with Crippen molar-refractivity contribution in [3.63, 3.8) is 0 Å². The number of carbonyl (C=O) groups is 1. The zero-order valence-electron chi connectivity index (χ0n) is 23.2. The fourth-order valence-corrected chi connectivity index (χ4v) is 5.23. The van der Waals surface area contributed by atoms with Gasteiger partial charge < -0.3 is 29.2 Å². The van der Waals surface area contributed by atoms with Crippen LogP contribution in [0.25, 0.3) is 0 Å². The third kappa shape index (κ3) is 6.28. The fraction of sp³-hybridized carbons (Fsp3) is 0.355. The average Bonchev–Trinajstić information content (AvgIpc) is 2.96. The Morgan fingerprint density at radius 2 is 1.77 bits per heavy atom. The van der Waals surface area contributed by atoms with E-state index in [0.29, 0.717) is 41.1 Å². The minimum absolute atomic E-state index is 0.174. The Labute approximate surface area is 236 Å². The number of carbonyl (C=O) groups excluding carboxylic acids is 1. The molecular formula is C31H36N2O5S. The standard InChI is InChI=1S/C31H36N2O5S/c1-6-21-10-8-9-20(3)29(21)32-31(39)33-16-15-23-17-27(35-4)28(36-5)18-25(23)26(33)19-38-24-13-11-22(12-14-24)30(34)37-7-2/h8-14,17-18,26H,6-7,15-16,19H2,1-5H3,(H,32,39)/t26-/m1/s1. The number of ether oxygens (including phenoxy) is 4. The Kier molecular flexibility index (Phi) is 9.30. The van der Waals surface area contributed by atoms with Gasteiger partial charge >= 0.3 is 5.97 Å². The number of methoxy groups -OCH3 is 2. The molecule has 39 heavy (non-hydrogen) atoms. The topological polar surface area (TPSA) is 69.3 Å². The number of hydrogen-bond donors (Lipinski definition) is 1. The van der Waals surface area contributed by atoms with Gasteiger partial charge in [-0.2, -0.15) is 0 Å². The molecule has 7 nitrogen and oxygen atoms in total. The van der Waals surface area contributed by atoms with Gasteiger partial charge in [-0.25, -0.2) is 4.79 Å². The van der Waals surface area contributed by atoms with Crippen molar-refractivity contribution in [2.45, 2.75) is 39.7 Å². The lowest BCUT2D eigenvalue weighted by Crippen LogP contribution is -2.44. The number of fused-ring (bicyclic) bond motifs is 1. The summed E-state index contributed by atoms with van der Waals surface area (Å²) >= 11 is 5.99. The van der Waals surface area contributed by atoms with Gasteiger partial charge in [0.1, 0.15) is 12.4 Å². The molecule has 0 aliphatic carbocycles. The van der Waals surface area contributed by atoms with E-state index in [9.17, 15) is 4.79 Å². The molecule has 1 heterocycles. The van der Waals surface area contributed by atoms with Crippen molar-refractivity contribution in [2.75, 3.05) is 39.3 Å². The first kappa shape index (κ1) is 28.2. The van der Waals surface area contributed by atoms with Crippen LogP contribution in [-0.2, 0) is 17.6 Å². The molecule has 0 radical (unpaired) electrons. The molecule has 206 valence electrons. The maximum Gasteiger partial charge on any atom is 0.338 e. The van der Waals surface area contributed by atoms with E-state index in [1.54, 1.807) is 45.4 Å². The number of anilines is 1. The van der Waals surface area contributed by atoms with Crippen LogP contribution in [0.2, 0.25) is 0 Å². The number of thiocarbonyl (C=S) groups is 1. The van der Waals surface area contributed by atoms with E-state index in [-0.39, 0.29) is 12.0 Å². The Balaban J connectivity index is 1.63. The van der Waals surface area contributed by atoms with Crippen molar-refractivity contribution >= 4 is 29.0 Å². The molecule has 4 rings (SSSR count). The van der Waals surface area contributed by atoms with E-state index in [2.05, 4.69) is 42.3 Å². The van der Waals surface area contributed by atoms with Crippen LogP contribution in [0, 0.1) is 6.92 Å². The molecule has 0 saturated carbocycles. The van der Waals surface area contributed by atoms with Crippen molar-refractivity contribution in [1.29, 1.82) is 0 Å². The van der Waals surface area contributed by atoms with Crippen LogP contribution in [0.3, 0.4) is 0 Å². The van der Waals surface area contributed by atoms with Crippen molar-refractivity contribution in [2.24, 2.45) is 0 Å². The van der Waals surface area contributed by atoms with Crippen LogP contribution in [0.5, 0.6) is 17.2 Å². The molecule has 1 aliphatic rings. The lowest BCUT2D eigenvalue weighted by Gasteiger charge is -2.39. The highest BCUT2D eigenvalue weighted by molar-refractivity contribution is 7.80. The largest absolute Gasteiger partial charge is 0.493 e. The van der Waals surface area contributed by atoms with E-state index in [1.165, 1.54) is 11.1 Å². The molecule has 0 saturated heterocycles. The molecule has 8 heteroatoms. The van der Waals surface area contributed by atoms with Gasteiger partial charge in [-0.05, 0) is 97.6 Å². The molecule has 0 bridgehead atoms. The summed E-state index contributed by atoms with van der Waals surface area (Å²) in [6, 6.07) is 17.2. The van der Waals surface area contributed by atoms with Crippen LogP contribution in [0.1, 0.15) is 52.5 Å². The van der Waals surface area contributed by atoms with Gasteiger partial charge in [0.15, 0.2) is 16.6 Å². The average molecular weight is 549 g/mol. The summed E-state index contributed by atoms with van der Waals surface area (Å²) in [4.78, 5) is 14.2. The molecule has 0 fully saturated rings. The first-order valence-corrected chi connectivity index (χ1v) is 13.6. The maximum absolute atomic E-state index is 12.0. The lowest BCUT2D eigenvalue weighted by atomic mass is 9.92. The van der Waals surface area contributed by atoms with Gasteiger partial charge in [-0.15, -0.1) is 0 Å². The molecule has 0 spiro atoms. The quantitative estimate of drug-likeness (QED) is 0.253. The Hall–Kier alpha value is -3.78. The minimum atomic E-state index is -0.350. The SMILES string of the molecule is CCOC(=O)c1ccc(OC[C@@H]2c3cc(OC)c(OC)cc3CCN2C(=S)Nc2c(C)cccc2CC)cc1. The monoisotopic (exact) mass is 548 g/mol. The predicted molar refractivity (Wildman–Crippen MR) is 157 cm³/mol. The molecule has 1 aliphatic heterocycles. The van der Waals surface area contributed by atoms with Gasteiger partial charge in [0.05, 0.1) is 32.4 Å². The maximum atomic E-state index is 12.0. The summed E-state index contributed by atoms with van der Waals surface area (Å²) in [5, 5.41) is 4.18. The summed E-state index contributed by atoms with van der Waals surface area (Å²) in [5.41, 5.74) is 6.15. The Bertz CT molecular complexity index is 1330. The van der Waals surface area contributed by atoms with Crippen LogP contribution in [0.15, 0.2) is 54.6 Å². The van der Waals surface area contributed by atoms with Crippen LogP contribution in [0.4, 0.5) is 5.69 Å². The molecule has 3 aromatic carbocycles. The second-order valence-corrected chi connectivity index (χ2v) is 9.70. The van der Waals surface area contributed by atoms with E-state index in [4.69, 9.17) is 31.2 Å². The molecular weight excluding hydrogens is 512 g/mol. The lowest BCUT2D eigenvalue weighted by molar-refractivity contribution is 0.0526. The summed E-state index contributed by atoms with van der Waals surface area (Å²) in [6.45, 7) is 7.42. The number of esters is 1. The number of aryl methyl sites for hydroxylation is 2. The number of benzene rings is 3. The number of nitrogens with zero attached hydrogens (tertiary/aromatic N) is 1. The van der Waals surface area contributed by atoms with E-state index in [1.807, 2.05) is 12.1 Å². The smallest absolute Gasteiger partial charge is 0.338 e. The summed E-state index contributed by atoms with van der Waals surface area (Å²) in [7, 11) is 3.28. The Morgan fingerprint density at radius 1 is 1.05 bits per heavy atom. The molecule has 0 amide bonds. The molecule has 0 aromatic heterocycles. The molecule has 3 aromatic rings. The molecule has 1 N–H and O–H groups in total. The van der Waals surface area contributed by atoms with Gasteiger partial charge in [0, 0.05) is 12.2 Å². The van der Waals surface area contributed by atoms with Crippen molar-refractivity contribution in [3.8, 4) is 17.2 Å². The van der Waals surface area contributed by atoms with Crippen LogP contribution in [-0.4, -0.2) is 50.0 Å². The van der Waals surface area contributed by atoms with Crippen LogP contribution >= 0.6 is 12.2 Å². The van der Waals surface area contributed by atoms with E-state index >= 15 is 0 Å². The van der Waals surface area contributed by atoms with E-state index < -0.39 is 0 Å². The van der Waals surface area contributed by atoms with Crippen molar-refractivity contribution in [3.05, 3.63) is 82.4 Å². The summed E-state index contributed by atoms with van der Waals surface area (Å²) in [6.07, 6.45) is 1.71. The summed E-state index contributed by atoms with van der Waals surface area (Å²) in [5.74, 6) is 1.67. The third-order valence-electron chi connectivity index (χ3n) is 7.01. The number of nitrogens with one attached hydrogen (secondary N) is 1. The second kappa shape index (κ2) is 12.8. The van der Waals surface area contributed by atoms with Gasteiger partial charge in [0.25, 0.3) is 0 Å².